The highest BCUT2D eigenvalue weighted by Gasteiger charge is 2.40. The standard InChI is InChI=1S/C69H110N16O26/c1-29(2)21-42(61(102)73-34(10)57(98)85-55(36(12)87)69(110)111)79-64(105)45(24-32(7)8)81-67(108)48(28-53(95)96)83-66(107)47(27-50(72)90)82-65(106)46(26-49(71)89)77-56(97)33(9)74-68(109)54(35(11)86)84-60(101)41(18-20-52(93)94)75-59(100)40(17-19-51(91)92)76-62(103)44(23-31(5)6)80-63(104)43(22-30(3)4)78-58(99)39(70)25-37-13-15-38(88)16-14-37/h13-16,29-36,39-48,54-55,86-88H,17-28,70H2,1-12H3,(H2,71,89)(H2,72,90)(H,73,102)(H,74,109)(H,75,100)(H,76,103)(H,77,97)(H,78,99)(H,79,105)(H,80,104)(H,81,108)(H,82,106)(H,83,107)(H,84,101)(H,85,98)(H,91,92)(H,93,94)(H,95,96)(H,110,111)/t33-,34-,35+,36+,39-,40-,41-,42-,43-,44-,45-,46-,47-,48-,54-,55-/m0/s1. The highest BCUT2D eigenvalue weighted by Crippen LogP contribution is 2.16. The second kappa shape index (κ2) is 47.7. The Balaban J connectivity index is 3.52. The van der Waals surface area contributed by atoms with E-state index in [0.717, 1.165) is 20.8 Å². The van der Waals surface area contributed by atoms with Crippen LogP contribution >= 0.6 is 0 Å². The number of benzene rings is 1. The number of rotatable bonds is 51. The van der Waals surface area contributed by atoms with Crippen LogP contribution in [0.3, 0.4) is 0 Å². The first-order valence-corrected chi connectivity index (χ1v) is 35.7. The number of hydrogen-bond acceptors (Lipinski definition) is 23. The van der Waals surface area contributed by atoms with Crippen LogP contribution in [0, 0.1) is 23.7 Å². The Morgan fingerprint density at radius 2 is 0.595 bits per heavy atom. The lowest BCUT2D eigenvalue weighted by atomic mass is 9.99. The fraction of sp³-hybridized carbons (Fsp3) is 0.638. The first-order valence-electron chi connectivity index (χ1n) is 35.7. The Bertz CT molecular complexity index is 3460. The zero-order valence-electron chi connectivity index (χ0n) is 64.0. The molecule has 42 heteroatoms. The molecule has 0 aliphatic rings. The van der Waals surface area contributed by atoms with Gasteiger partial charge in [0.1, 0.15) is 78.3 Å². The molecule has 0 saturated heterocycles. The average Bonchev–Trinajstić information content (AvgIpc) is 0.856. The van der Waals surface area contributed by atoms with Crippen LogP contribution in [0.15, 0.2) is 24.3 Å². The largest absolute Gasteiger partial charge is 0.508 e. The van der Waals surface area contributed by atoms with Crippen molar-refractivity contribution in [2.45, 2.75) is 257 Å². The molecule has 0 fully saturated rings. The van der Waals surface area contributed by atoms with E-state index in [0.29, 0.717) is 5.56 Å². The molecule has 0 aromatic heterocycles. The summed E-state index contributed by atoms with van der Waals surface area (Å²) in [7, 11) is 0. The zero-order chi connectivity index (χ0) is 85.2. The van der Waals surface area contributed by atoms with Crippen molar-refractivity contribution in [3.63, 3.8) is 0 Å². The first kappa shape index (κ1) is 97.8. The smallest absolute Gasteiger partial charge is 0.328 e. The van der Waals surface area contributed by atoms with Crippen molar-refractivity contribution in [1.29, 1.82) is 0 Å². The molecule has 111 heavy (non-hydrogen) atoms. The number of nitrogens with two attached hydrogens (primary N) is 3. The minimum absolute atomic E-state index is 0.0111. The van der Waals surface area contributed by atoms with E-state index in [1.807, 2.05) is 10.6 Å². The second-order valence-electron chi connectivity index (χ2n) is 28.6. The Labute approximate surface area is 639 Å². The fourth-order valence-corrected chi connectivity index (χ4v) is 10.6. The first-order chi connectivity index (χ1) is 51.4. The van der Waals surface area contributed by atoms with Crippen molar-refractivity contribution in [3.05, 3.63) is 29.8 Å². The number of carbonyl (C=O) groups excluding carboxylic acids is 15. The number of hydrogen-bond donors (Lipinski definition) is 23. The number of carboxylic acids is 4. The third-order valence-electron chi connectivity index (χ3n) is 16.4. The van der Waals surface area contributed by atoms with Crippen LogP contribution in [0.25, 0.3) is 0 Å². The van der Waals surface area contributed by atoms with Gasteiger partial charge >= 0.3 is 23.9 Å². The Kier molecular flexibility index (Phi) is 42.0. The van der Waals surface area contributed by atoms with Crippen molar-refractivity contribution in [2.75, 3.05) is 0 Å². The van der Waals surface area contributed by atoms with Crippen LogP contribution in [-0.2, 0) is 97.5 Å². The van der Waals surface area contributed by atoms with E-state index in [1.54, 1.807) is 67.5 Å². The molecule has 16 atom stereocenters. The highest BCUT2D eigenvalue weighted by atomic mass is 16.4. The molecule has 1 aromatic carbocycles. The number of amides is 15. The summed E-state index contributed by atoms with van der Waals surface area (Å²) in [5.74, 6) is -25.6. The number of aliphatic carboxylic acids is 4. The number of aromatic hydroxyl groups is 1. The molecular formula is C69H110N16O26. The number of aliphatic hydroxyl groups is 2. The molecule has 1 aromatic rings. The number of primary amides is 2. The lowest BCUT2D eigenvalue weighted by Gasteiger charge is -2.29. The van der Waals surface area contributed by atoms with Crippen LogP contribution < -0.4 is 86.3 Å². The van der Waals surface area contributed by atoms with Gasteiger partial charge in [-0.05, 0) is 114 Å². The quantitative estimate of drug-likeness (QED) is 0.0288. The van der Waals surface area contributed by atoms with Gasteiger partial charge in [0.25, 0.3) is 0 Å². The van der Waals surface area contributed by atoms with Crippen LogP contribution in [0.2, 0.25) is 0 Å². The van der Waals surface area contributed by atoms with Gasteiger partial charge in [-0.1, -0.05) is 67.5 Å². The minimum atomic E-state index is -2.16. The molecule has 15 amide bonds. The number of carbonyl (C=O) groups is 19. The van der Waals surface area contributed by atoms with Crippen molar-refractivity contribution in [3.8, 4) is 5.75 Å². The molecule has 26 N–H and O–H groups in total. The van der Waals surface area contributed by atoms with E-state index in [1.165, 1.54) is 19.1 Å². The molecule has 0 spiro atoms. The Hall–Kier alpha value is -11.2. The van der Waals surface area contributed by atoms with Gasteiger partial charge in [0.15, 0.2) is 6.04 Å². The second-order valence-corrected chi connectivity index (χ2v) is 28.6. The maximum atomic E-state index is 14.2. The van der Waals surface area contributed by atoms with Gasteiger partial charge in [0, 0.05) is 12.8 Å². The molecule has 0 unspecified atom stereocenters. The van der Waals surface area contributed by atoms with Gasteiger partial charge in [-0.3, -0.25) is 86.3 Å². The van der Waals surface area contributed by atoms with Crippen molar-refractivity contribution in [1.82, 2.24) is 69.1 Å². The average molecular weight is 1580 g/mol. The summed E-state index contributed by atoms with van der Waals surface area (Å²) in [6.45, 7) is 17.7. The number of phenols is 1. The maximum Gasteiger partial charge on any atom is 0.328 e. The van der Waals surface area contributed by atoms with Crippen LogP contribution in [0.4, 0.5) is 0 Å². The molecular weight excluding hydrogens is 1470 g/mol. The zero-order valence-corrected chi connectivity index (χ0v) is 64.0. The van der Waals surface area contributed by atoms with Gasteiger partial charge < -0.3 is 122 Å². The van der Waals surface area contributed by atoms with E-state index in [4.69, 9.17) is 17.2 Å². The summed E-state index contributed by atoms with van der Waals surface area (Å²) >= 11 is 0. The Morgan fingerprint density at radius 1 is 0.324 bits per heavy atom. The molecule has 0 aliphatic heterocycles. The summed E-state index contributed by atoms with van der Waals surface area (Å²) in [6.07, 6.45) is -10.3. The maximum absolute atomic E-state index is 14.2. The Morgan fingerprint density at radius 3 is 0.919 bits per heavy atom. The van der Waals surface area contributed by atoms with Gasteiger partial charge in [-0.15, -0.1) is 0 Å². The van der Waals surface area contributed by atoms with Gasteiger partial charge in [-0.2, -0.15) is 0 Å². The number of phenolic OH excluding ortho intramolecular Hbond substituents is 1. The fourth-order valence-electron chi connectivity index (χ4n) is 10.6. The normalized spacial score (nSPS) is 15.6. The van der Waals surface area contributed by atoms with Crippen LogP contribution in [0.1, 0.15) is 159 Å². The molecule has 0 saturated carbocycles. The van der Waals surface area contributed by atoms with Gasteiger partial charge in [0.05, 0.1) is 37.5 Å². The molecule has 622 valence electrons. The van der Waals surface area contributed by atoms with Crippen LogP contribution in [0.5, 0.6) is 5.75 Å². The molecule has 0 bridgehead atoms. The molecule has 0 heterocycles. The summed E-state index contributed by atoms with van der Waals surface area (Å²) < 4.78 is 0. The predicted molar refractivity (Wildman–Crippen MR) is 389 cm³/mol. The van der Waals surface area contributed by atoms with Gasteiger partial charge in [-0.25, -0.2) is 4.79 Å². The predicted octanol–water partition coefficient (Wildman–Crippen LogP) is -6.41. The number of nitrogens with one attached hydrogen (secondary N) is 13. The number of carboxylic acid groups (broad SMARTS) is 4. The molecule has 0 aliphatic carbocycles. The van der Waals surface area contributed by atoms with Crippen molar-refractivity contribution >= 4 is 112 Å². The van der Waals surface area contributed by atoms with E-state index in [2.05, 4.69) is 58.5 Å². The molecule has 1 rings (SSSR count). The van der Waals surface area contributed by atoms with Crippen molar-refractivity contribution in [2.24, 2.45) is 40.9 Å². The third kappa shape index (κ3) is 37.7. The summed E-state index contributed by atoms with van der Waals surface area (Å²) in [4.78, 5) is 252. The van der Waals surface area contributed by atoms with E-state index < -0.39 is 260 Å². The third-order valence-corrected chi connectivity index (χ3v) is 16.4. The van der Waals surface area contributed by atoms with E-state index >= 15 is 0 Å². The van der Waals surface area contributed by atoms with E-state index in [-0.39, 0.29) is 55.6 Å². The van der Waals surface area contributed by atoms with Gasteiger partial charge in [0.2, 0.25) is 88.6 Å². The molecule has 42 nitrogen and oxygen atoms in total. The lowest BCUT2D eigenvalue weighted by Crippen LogP contribution is -2.62. The number of aliphatic hydroxyl groups excluding tert-OH is 2. The SMILES string of the molecule is CC(C)C[C@H](NC(=O)[C@H](CC(C)C)NC(=O)[C@H](CC(=O)O)NC(=O)[C@H](CC(N)=O)NC(=O)[C@H](CC(N)=O)NC(=O)[C@H](C)NC(=O)[C@@H](NC(=O)[C@H](CCC(=O)O)NC(=O)[C@H](CCC(=O)O)NC(=O)[C@H](CC(C)C)NC(=O)[C@H](CC(C)C)NC(=O)[C@@H](N)Cc1ccc(O)cc1)[C@@H](C)O)C(=O)N[C@@H](C)C(=O)N[C@H](C(=O)O)[C@@H](C)O. The summed E-state index contributed by atoms with van der Waals surface area (Å²) in [6, 6.07) is -18.4. The lowest BCUT2D eigenvalue weighted by molar-refractivity contribution is -0.145. The monoisotopic (exact) mass is 1580 g/mol. The summed E-state index contributed by atoms with van der Waals surface area (Å²) in [5.41, 5.74) is 17.6. The minimum Gasteiger partial charge on any atom is -0.508 e. The highest BCUT2D eigenvalue weighted by molar-refractivity contribution is 6.02. The topological polar surface area (TPSA) is 700 Å². The van der Waals surface area contributed by atoms with Crippen LogP contribution in [-0.4, -0.2) is 245 Å². The molecule has 0 radical (unpaired) electrons. The van der Waals surface area contributed by atoms with E-state index in [9.17, 15) is 127 Å². The summed E-state index contributed by atoms with van der Waals surface area (Å²) in [5, 5.41) is 98.3. The van der Waals surface area contributed by atoms with Crippen molar-refractivity contribution < 1.29 is 127 Å².